The molecule has 154 valence electrons. The zero-order valence-electron chi connectivity index (χ0n) is 17.1. The first-order valence-electron chi connectivity index (χ1n) is 10.5. The van der Waals surface area contributed by atoms with Crippen molar-refractivity contribution in [2.75, 3.05) is 32.7 Å². The second-order valence-electron chi connectivity index (χ2n) is 8.39. The van der Waals surface area contributed by atoms with Crippen LogP contribution < -0.4 is 0 Å². The minimum Gasteiger partial charge on any atom is -0.342 e. The quantitative estimate of drug-likeness (QED) is 0.778. The Hall–Kier alpha value is -1.95. The van der Waals surface area contributed by atoms with Crippen LogP contribution in [0.3, 0.4) is 0 Å². The molecule has 1 atom stereocenters. The van der Waals surface area contributed by atoms with Gasteiger partial charge in [0.25, 0.3) is 0 Å². The standard InChI is InChI=1S/C22H32FN3O2/c1-17(2)20-15-24(16-22(28)25-11-4-3-5-12-25)13-10-21(27)26(20)14-18-6-8-19(23)9-7-18/h6-9,17,20H,3-5,10-16H2,1-2H3/t20-/m0/s1. The normalized spacial score (nSPS) is 21.9. The molecule has 2 amide bonds. The number of halogens is 1. The van der Waals surface area contributed by atoms with Gasteiger partial charge in [-0.2, -0.15) is 0 Å². The van der Waals surface area contributed by atoms with Crippen molar-refractivity contribution >= 4 is 11.8 Å². The summed E-state index contributed by atoms with van der Waals surface area (Å²) in [5.74, 6) is 0.293. The number of rotatable bonds is 5. The molecule has 0 saturated carbocycles. The highest BCUT2D eigenvalue weighted by atomic mass is 19.1. The number of likely N-dealkylation sites (tertiary alicyclic amines) is 1. The fraction of sp³-hybridized carbons (Fsp3) is 0.636. The van der Waals surface area contributed by atoms with E-state index in [2.05, 4.69) is 18.7 Å². The molecule has 2 fully saturated rings. The summed E-state index contributed by atoms with van der Waals surface area (Å²) in [5, 5.41) is 0. The average Bonchev–Trinajstić information content (AvgIpc) is 2.84. The molecule has 0 spiro atoms. The highest BCUT2D eigenvalue weighted by molar-refractivity contribution is 5.79. The van der Waals surface area contributed by atoms with Crippen molar-refractivity contribution in [2.45, 2.75) is 52.1 Å². The van der Waals surface area contributed by atoms with Gasteiger partial charge in [-0.15, -0.1) is 0 Å². The summed E-state index contributed by atoms with van der Waals surface area (Å²) >= 11 is 0. The predicted molar refractivity (Wildman–Crippen MR) is 107 cm³/mol. The van der Waals surface area contributed by atoms with Gasteiger partial charge in [0.15, 0.2) is 0 Å². The van der Waals surface area contributed by atoms with Crippen molar-refractivity contribution < 1.29 is 14.0 Å². The average molecular weight is 390 g/mol. The maximum Gasteiger partial charge on any atom is 0.236 e. The van der Waals surface area contributed by atoms with Crippen molar-refractivity contribution in [2.24, 2.45) is 5.92 Å². The molecule has 5 nitrogen and oxygen atoms in total. The summed E-state index contributed by atoms with van der Waals surface area (Å²) in [6.07, 6.45) is 3.79. The van der Waals surface area contributed by atoms with Crippen LogP contribution in [-0.2, 0) is 16.1 Å². The summed E-state index contributed by atoms with van der Waals surface area (Å²) < 4.78 is 13.2. The van der Waals surface area contributed by atoms with Gasteiger partial charge in [-0.05, 0) is 42.9 Å². The fourth-order valence-electron chi connectivity index (χ4n) is 4.18. The van der Waals surface area contributed by atoms with E-state index in [-0.39, 0.29) is 29.6 Å². The van der Waals surface area contributed by atoms with E-state index in [0.29, 0.717) is 32.6 Å². The topological polar surface area (TPSA) is 43.9 Å². The van der Waals surface area contributed by atoms with Crippen LogP contribution in [0, 0.1) is 11.7 Å². The molecule has 1 aromatic carbocycles. The number of carbonyl (C=O) groups excluding carboxylic acids is 2. The Morgan fingerprint density at radius 1 is 1.11 bits per heavy atom. The van der Waals surface area contributed by atoms with Gasteiger partial charge < -0.3 is 9.80 Å². The maximum absolute atomic E-state index is 13.2. The molecular formula is C22H32FN3O2. The lowest BCUT2D eigenvalue weighted by atomic mass is 10.0. The minimum absolute atomic E-state index is 0.0363. The zero-order valence-corrected chi connectivity index (χ0v) is 17.1. The van der Waals surface area contributed by atoms with Crippen LogP contribution >= 0.6 is 0 Å². The van der Waals surface area contributed by atoms with Gasteiger partial charge in [0, 0.05) is 45.2 Å². The molecule has 2 saturated heterocycles. The number of nitrogens with zero attached hydrogens (tertiary/aromatic N) is 3. The molecule has 0 aromatic heterocycles. The van der Waals surface area contributed by atoms with E-state index in [4.69, 9.17) is 0 Å². The molecule has 2 aliphatic rings. The number of carbonyl (C=O) groups is 2. The fourth-order valence-corrected chi connectivity index (χ4v) is 4.18. The third-order valence-corrected chi connectivity index (χ3v) is 5.91. The maximum atomic E-state index is 13.2. The molecular weight excluding hydrogens is 357 g/mol. The Balaban J connectivity index is 1.68. The van der Waals surface area contributed by atoms with Crippen LogP contribution in [-0.4, -0.2) is 65.3 Å². The summed E-state index contributed by atoms with van der Waals surface area (Å²) in [6.45, 7) is 8.13. The lowest BCUT2D eigenvalue weighted by molar-refractivity contribution is -0.134. The Morgan fingerprint density at radius 3 is 2.43 bits per heavy atom. The number of hydrogen-bond acceptors (Lipinski definition) is 3. The SMILES string of the molecule is CC(C)[C@@H]1CN(CC(=O)N2CCCCC2)CCC(=O)N1Cc1ccc(F)cc1. The molecule has 0 unspecified atom stereocenters. The summed E-state index contributed by atoms with van der Waals surface area (Å²) in [4.78, 5) is 31.6. The van der Waals surface area contributed by atoms with Gasteiger partial charge in [0.05, 0.1) is 6.54 Å². The van der Waals surface area contributed by atoms with E-state index in [9.17, 15) is 14.0 Å². The van der Waals surface area contributed by atoms with Gasteiger partial charge in [-0.25, -0.2) is 4.39 Å². The van der Waals surface area contributed by atoms with Crippen LogP contribution in [0.2, 0.25) is 0 Å². The third kappa shape index (κ3) is 5.31. The smallest absolute Gasteiger partial charge is 0.236 e. The van der Waals surface area contributed by atoms with E-state index in [1.807, 2.05) is 9.80 Å². The number of amides is 2. The van der Waals surface area contributed by atoms with Crippen molar-refractivity contribution in [3.63, 3.8) is 0 Å². The minimum atomic E-state index is -0.270. The first-order chi connectivity index (χ1) is 13.4. The number of benzene rings is 1. The first-order valence-corrected chi connectivity index (χ1v) is 10.5. The van der Waals surface area contributed by atoms with Crippen molar-refractivity contribution in [1.82, 2.24) is 14.7 Å². The lowest BCUT2D eigenvalue weighted by Gasteiger charge is -2.35. The molecule has 0 aliphatic carbocycles. The summed E-state index contributed by atoms with van der Waals surface area (Å²) in [6, 6.07) is 6.39. The largest absolute Gasteiger partial charge is 0.342 e. The van der Waals surface area contributed by atoms with Gasteiger partial charge in [0.2, 0.25) is 11.8 Å². The van der Waals surface area contributed by atoms with Crippen molar-refractivity contribution in [1.29, 1.82) is 0 Å². The molecule has 1 aromatic rings. The summed E-state index contributed by atoms with van der Waals surface area (Å²) in [7, 11) is 0. The van der Waals surface area contributed by atoms with Gasteiger partial charge in [-0.1, -0.05) is 26.0 Å². The second kappa shape index (κ2) is 9.50. The van der Waals surface area contributed by atoms with Crippen LogP contribution in [0.5, 0.6) is 0 Å². The molecule has 6 heteroatoms. The third-order valence-electron chi connectivity index (χ3n) is 5.91. The van der Waals surface area contributed by atoms with E-state index in [1.54, 1.807) is 12.1 Å². The van der Waals surface area contributed by atoms with Crippen LogP contribution in [0.15, 0.2) is 24.3 Å². The molecule has 2 heterocycles. The number of piperidine rings is 1. The first kappa shape index (κ1) is 20.8. The molecule has 0 N–H and O–H groups in total. The van der Waals surface area contributed by atoms with Gasteiger partial charge in [-0.3, -0.25) is 14.5 Å². The highest BCUT2D eigenvalue weighted by Crippen LogP contribution is 2.21. The van der Waals surface area contributed by atoms with Crippen LogP contribution in [0.4, 0.5) is 4.39 Å². The van der Waals surface area contributed by atoms with Crippen molar-refractivity contribution in [3.05, 3.63) is 35.6 Å². The molecule has 0 bridgehead atoms. The van der Waals surface area contributed by atoms with Gasteiger partial charge in [0.1, 0.15) is 5.82 Å². The molecule has 2 aliphatic heterocycles. The summed E-state index contributed by atoms with van der Waals surface area (Å²) in [5.41, 5.74) is 0.929. The highest BCUT2D eigenvalue weighted by Gasteiger charge is 2.33. The van der Waals surface area contributed by atoms with E-state index < -0.39 is 0 Å². The van der Waals surface area contributed by atoms with Crippen LogP contribution in [0.1, 0.15) is 45.1 Å². The monoisotopic (exact) mass is 389 g/mol. The van der Waals surface area contributed by atoms with E-state index in [1.165, 1.54) is 18.6 Å². The molecule has 0 radical (unpaired) electrons. The Labute approximate surface area is 167 Å². The molecule has 28 heavy (non-hydrogen) atoms. The predicted octanol–water partition coefficient (Wildman–Crippen LogP) is 2.90. The Bertz CT molecular complexity index is 671. The second-order valence-corrected chi connectivity index (χ2v) is 8.39. The van der Waals surface area contributed by atoms with E-state index >= 15 is 0 Å². The molecule has 3 rings (SSSR count). The van der Waals surface area contributed by atoms with E-state index in [0.717, 1.165) is 31.5 Å². The zero-order chi connectivity index (χ0) is 20.1. The van der Waals surface area contributed by atoms with Gasteiger partial charge >= 0.3 is 0 Å². The lowest BCUT2D eigenvalue weighted by Crippen LogP contribution is -2.48. The Kier molecular flexibility index (Phi) is 7.05. The Morgan fingerprint density at radius 2 is 1.79 bits per heavy atom. The van der Waals surface area contributed by atoms with Crippen molar-refractivity contribution in [3.8, 4) is 0 Å². The van der Waals surface area contributed by atoms with Crippen LogP contribution in [0.25, 0.3) is 0 Å². The number of hydrogen-bond donors (Lipinski definition) is 0.